The van der Waals surface area contributed by atoms with Gasteiger partial charge in [-0.25, -0.2) is 9.07 Å². The van der Waals surface area contributed by atoms with E-state index >= 15 is 0 Å². The number of carboxylic acids is 1. The van der Waals surface area contributed by atoms with Crippen LogP contribution in [0.3, 0.4) is 0 Å². The number of rotatable bonds is 4. The van der Waals surface area contributed by atoms with E-state index in [1.54, 1.807) is 12.1 Å². The molecule has 1 aromatic heterocycles. The number of aromatic nitrogens is 3. The topological polar surface area (TPSA) is 88.3 Å². The molecule has 0 radical (unpaired) electrons. The van der Waals surface area contributed by atoms with Crippen molar-refractivity contribution in [3.8, 4) is 0 Å². The van der Waals surface area contributed by atoms with E-state index in [1.165, 1.54) is 27.9 Å². The van der Waals surface area contributed by atoms with Crippen LogP contribution in [-0.4, -0.2) is 50.0 Å². The molecule has 1 unspecified atom stereocenters. The summed E-state index contributed by atoms with van der Waals surface area (Å²) >= 11 is 0. The van der Waals surface area contributed by atoms with E-state index in [9.17, 15) is 14.0 Å². The molecule has 1 amide bonds. The third-order valence-electron chi connectivity index (χ3n) is 3.82. The van der Waals surface area contributed by atoms with Gasteiger partial charge in [0.05, 0.1) is 18.7 Å². The highest BCUT2D eigenvalue weighted by Gasteiger charge is 2.32. The summed E-state index contributed by atoms with van der Waals surface area (Å²) in [6.07, 6.45) is 1.93. The smallest absolute Gasteiger partial charge is 0.308 e. The van der Waals surface area contributed by atoms with E-state index in [4.69, 9.17) is 5.11 Å². The molecular formula is C15H15FN4O3. The maximum atomic E-state index is 13.2. The second-order valence-corrected chi connectivity index (χ2v) is 5.51. The van der Waals surface area contributed by atoms with E-state index in [1.807, 2.05) is 0 Å². The minimum atomic E-state index is -0.893. The number of nitrogens with zero attached hydrogens (tertiary/aromatic N) is 4. The van der Waals surface area contributed by atoms with Crippen LogP contribution in [0.2, 0.25) is 0 Å². The highest BCUT2D eigenvalue weighted by Crippen LogP contribution is 2.18. The maximum absolute atomic E-state index is 13.2. The average Bonchev–Trinajstić information content (AvgIpc) is 3.15. The number of hydrogen-bond donors (Lipinski definition) is 1. The zero-order valence-electron chi connectivity index (χ0n) is 12.2. The molecule has 23 heavy (non-hydrogen) atoms. The van der Waals surface area contributed by atoms with Crippen molar-refractivity contribution in [3.63, 3.8) is 0 Å². The summed E-state index contributed by atoms with van der Waals surface area (Å²) in [4.78, 5) is 24.7. The van der Waals surface area contributed by atoms with Crippen LogP contribution in [0.15, 0.2) is 30.5 Å². The molecule has 3 rings (SSSR count). The molecule has 1 atom stereocenters. The summed E-state index contributed by atoms with van der Waals surface area (Å²) in [7, 11) is 0. The third kappa shape index (κ3) is 3.36. The second-order valence-electron chi connectivity index (χ2n) is 5.51. The zero-order chi connectivity index (χ0) is 16.4. The Hall–Kier alpha value is -2.77. The Balaban J connectivity index is 1.67. The SMILES string of the molecule is O=C(O)C1CCN(C(=O)c2cn(Cc3cccc(F)c3)nn2)C1. The molecule has 1 N–H and O–H groups in total. The summed E-state index contributed by atoms with van der Waals surface area (Å²) in [6.45, 7) is 0.882. The lowest BCUT2D eigenvalue weighted by Gasteiger charge is -2.13. The number of carbonyl (C=O) groups excluding carboxylic acids is 1. The lowest BCUT2D eigenvalue weighted by Crippen LogP contribution is -2.30. The molecule has 1 aliphatic heterocycles. The lowest BCUT2D eigenvalue weighted by atomic mass is 10.1. The van der Waals surface area contributed by atoms with Crippen molar-refractivity contribution in [1.82, 2.24) is 19.9 Å². The van der Waals surface area contributed by atoms with Crippen LogP contribution in [0, 0.1) is 11.7 Å². The largest absolute Gasteiger partial charge is 0.481 e. The molecule has 0 bridgehead atoms. The molecule has 0 spiro atoms. The molecule has 1 aliphatic rings. The van der Waals surface area contributed by atoms with Crippen LogP contribution >= 0.6 is 0 Å². The number of amides is 1. The van der Waals surface area contributed by atoms with Crippen LogP contribution in [0.4, 0.5) is 4.39 Å². The van der Waals surface area contributed by atoms with Gasteiger partial charge in [-0.1, -0.05) is 17.3 Å². The second kappa shape index (κ2) is 6.15. The van der Waals surface area contributed by atoms with Crippen molar-refractivity contribution in [1.29, 1.82) is 0 Å². The third-order valence-corrected chi connectivity index (χ3v) is 3.82. The van der Waals surface area contributed by atoms with Crippen molar-refractivity contribution >= 4 is 11.9 Å². The van der Waals surface area contributed by atoms with Gasteiger partial charge in [0.1, 0.15) is 5.82 Å². The minimum absolute atomic E-state index is 0.160. The van der Waals surface area contributed by atoms with E-state index in [0.717, 1.165) is 0 Å². The Morgan fingerprint density at radius 1 is 1.39 bits per heavy atom. The number of aliphatic carboxylic acids is 1. The molecule has 0 aliphatic carbocycles. The first-order valence-corrected chi connectivity index (χ1v) is 7.19. The van der Waals surface area contributed by atoms with Gasteiger partial charge in [0.25, 0.3) is 5.91 Å². The molecule has 1 fully saturated rings. The number of carbonyl (C=O) groups is 2. The van der Waals surface area contributed by atoms with E-state index in [0.29, 0.717) is 25.1 Å². The van der Waals surface area contributed by atoms with Gasteiger partial charge >= 0.3 is 5.97 Å². The molecule has 8 heteroatoms. The first kappa shape index (κ1) is 15.1. The molecule has 2 heterocycles. The Bertz CT molecular complexity index is 746. The number of likely N-dealkylation sites (tertiary alicyclic amines) is 1. The number of halogens is 1. The molecule has 0 saturated carbocycles. The van der Waals surface area contributed by atoms with Crippen LogP contribution < -0.4 is 0 Å². The summed E-state index contributed by atoms with van der Waals surface area (Å²) in [5.41, 5.74) is 0.869. The van der Waals surface area contributed by atoms with Crippen molar-refractivity contribution in [3.05, 3.63) is 47.5 Å². The van der Waals surface area contributed by atoms with Crippen molar-refractivity contribution < 1.29 is 19.1 Å². The molecule has 1 saturated heterocycles. The van der Waals surface area contributed by atoms with E-state index in [2.05, 4.69) is 10.3 Å². The molecule has 1 aromatic carbocycles. The first-order valence-electron chi connectivity index (χ1n) is 7.19. The van der Waals surface area contributed by atoms with Crippen molar-refractivity contribution in [2.24, 2.45) is 5.92 Å². The van der Waals surface area contributed by atoms with Gasteiger partial charge in [-0.15, -0.1) is 5.10 Å². The van der Waals surface area contributed by atoms with Crippen molar-refractivity contribution in [2.45, 2.75) is 13.0 Å². The molecule has 120 valence electrons. The highest BCUT2D eigenvalue weighted by atomic mass is 19.1. The number of benzene rings is 1. The standard InChI is InChI=1S/C15H15FN4O3/c16-12-3-1-2-10(6-12)7-20-9-13(17-18-20)14(21)19-5-4-11(8-19)15(22)23/h1-3,6,9,11H,4-5,7-8H2,(H,22,23). The molecule has 7 nitrogen and oxygen atoms in total. The van der Waals surface area contributed by atoms with Gasteiger partial charge in [-0.05, 0) is 24.1 Å². The van der Waals surface area contributed by atoms with Gasteiger partial charge in [-0.2, -0.15) is 0 Å². The highest BCUT2D eigenvalue weighted by molar-refractivity contribution is 5.92. The fraction of sp³-hybridized carbons (Fsp3) is 0.333. The van der Waals surface area contributed by atoms with Gasteiger partial charge in [0.15, 0.2) is 5.69 Å². The van der Waals surface area contributed by atoms with E-state index < -0.39 is 11.9 Å². The predicted molar refractivity (Wildman–Crippen MR) is 77.2 cm³/mol. The number of carboxylic acid groups (broad SMARTS) is 1. The Morgan fingerprint density at radius 2 is 2.22 bits per heavy atom. The molecule has 2 aromatic rings. The molecular weight excluding hydrogens is 303 g/mol. The summed E-state index contributed by atoms with van der Waals surface area (Å²) in [5.74, 6) is -2.09. The lowest BCUT2D eigenvalue weighted by molar-refractivity contribution is -0.141. The van der Waals surface area contributed by atoms with Gasteiger partial charge < -0.3 is 10.0 Å². The fourth-order valence-corrected chi connectivity index (χ4v) is 2.60. The Kier molecular flexibility index (Phi) is 4.05. The summed E-state index contributed by atoms with van der Waals surface area (Å²) in [5, 5.41) is 16.7. The van der Waals surface area contributed by atoms with Gasteiger partial charge in [-0.3, -0.25) is 9.59 Å². The average molecular weight is 318 g/mol. The predicted octanol–water partition coefficient (Wildman–Crippen LogP) is 1.01. The Morgan fingerprint density at radius 3 is 2.91 bits per heavy atom. The summed E-state index contributed by atoms with van der Waals surface area (Å²) < 4.78 is 14.6. The fourth-order valence-electron chi connectivity index (χ4n) is 2.60. The Labute approximate surface area is 131 Å². The monoisotopic (exact) mass is 318 g/mol. The van der Waals surface area contributed by atoms with Crippen LogP contribution in [0.25, 0.3) is 0 Å². The maximum Gasteiger partial charge on any atom is 0.308 e. The van der Waals surface area contributed by atoms with Crippen molar-refractivity contribution in [2.75, 3.05) is 13.1 Å². The van der Waals surface area contributed by atoms with Gasteiger partial charge in [0.2, 0.25) is 0 Å². The van der Waals surface area contributed by atoms with E-state index in [-0.39, 0.29) is 24.0 Å². The van der Waals surface area contributed by atoms with Crippen LogP contribution in [0.5, 0.6) is 0 Å². The summed E-state index contributed by atoms with van der Waals surface area (Å²) in [6, 6.07) is 6.10. The van der Waals surface area contributed by atoms with Crippen LogP contribution in [0.1, 0.15) is 22.5 Å². The normalized spacial score (nSPS) is 17.4. The van der Waals surface area contributed by atoms with Gasteiger partial charge in [0, 0.05) is 13.1 Å². The number of hydrogen-bond acceptors (Lipinski definition) is 4. The van der Waals surface area contributed by atoms with Crippen LogP contribution in [-0.2, 0) is 11.3 Å². The minimum Gasteiger partial charge on any atom is -0.481 e. The quantitative estimate of drug-likeness (QED) is 0.909. The first-order chi connectivity index (χ1) is 11.0. The zero-order valence-corrected chi connectivity index (χ0v) is 12.2.